The van der Waals surface area contributed by atoms with E-state index in [1.54, 1.807) is 6.07 Å². The van der Waals surface area contributed by atoms with Crippen molar-refractivity contribution in [1.82, 2.24) is 29.8 Å². The first kappa shape index (κ1) is 24.7. The molecule has 2 N–H and O–H groups in total. The molecule has 0 aliphatic carbocycles. The molecule has 8 nitrogen and oxygen atoms in total. The minimum Gasteiger partial charge on any atom is -0.369 e. The number of imidazole rings is 1. The highest BCUT2D eigenvalue weighted by molar-refractivity contribution is 5.83. The van der Waals surface area contributed by atoms with Crippen LogP contribution in [-0.4, -0.2) is 50.2 Å². The van der Waals surface area contributed by atoms with Crippen LogP contribution in [-0.2, 0) is 0 Å². The SMILES string of the molecule is Cc1nc2c(F)cc(-c3nc(Nc4ccc(N5CC(C6CCCCN6)C5)cn4)ncc3F)cc2n1C(C)C. The number of nitrogens with zero attached hydrogens (tertiary/aromatic N) is 6. The molecule has 4 aromatic rings. The van der Waals surface area contributed by atoms with Crippen molar-refractivity contribution >= 4 is 28.5 Å². The molecule has 5 heterocycles. The van der Waals surface area contributed by atoms with E-state index in [0.717, 1.165) is 31.5 Å². The van der Waals surface area contributed by atoms with Crippen molar-refractivity contribution in [3.63, 3.8) is 0 Å². The normalized spacial score (nSPS) is 18.3. The third kappa shape index (κ3) is 4.57. The Morgan fingerprint density at radius 3 is 2.58 bits per heavy atom. The zero-order valence-corrected chi connectivity index (χ0v) is 21.9. The van der Waals surface area contributed by atoms with Gasteiger partial charge in [-0.25, -0.2) is 28.7 Å². The zero-order valence-electron chi connectivity index (χ0n) is 21.9. The van der Waals surface area contributed by atoms with Crippen LogP contribution in [0.1, 0.15) is 45.0 Å². The van der Waals surface area contributed by atoms with Gasteiger partial charge in [-0.3, -0.25) is 0 Å². The Balaban J connectivity index is 1.19. The summed E-state index contributed by atoms with van der Waals surface area (Å²) in [5.41, 5.74) is 2.27. The number of rotatable bonds is 6. The van der Waals surface area contributed by atoms with Crippen LogP contribution in [0.2, 0.25) is 0 Å². The highest BCUT2D eigenvalue weighted by atomic mass is 19.1. The second kappa shape index (κ2) is 9.90. The van der Waals surface area contributed by atoms with Gasteiger partial charge >= 0.3 is 0 Å². The smallest absolute Gasteiger partial charge is 0.229 e. The number of piperidine rings is 1. The van der Waals surface area contributed by atoms with E-state index in [1.165, 1.54) is 25.3 Å². The van der Waals surface area contributed by atoms with Gasteiger partial charge in [0.05, 0.1) is 23.6 Å². The molecule has 3 aromatic heterocycles. The number of aryl methyl sites for hydroxylation is 1. The average Bonchev–Trinajstić information content (AvgIpc) is 3.22. The first-order valence-corrected chi connectivity index (χ1v) is 13.3. The van der Waals surface area contributed by atoms with Crippen molar-refractivity contribution in [3.05, 3.63) is 54.1 Å². The Morgan fingerprint density at radius 1 is 1.03 bits per heavy atom. The van der Waals surface area contributed by atoms with Crippen molar-refractivity contribution in [2.24, 2.45) is 5.92 Å². The molecular formula is C28H32F2N8. The van der Waals surface area contributed by atoms with E-state index in [9.17, 15) is 8.78 Å². The summed E-state index contributed by atoms with van der Waals surface area (Å²) in [6.45, 7) is 9.03. The summed E-state index contributed by atoms with van der Waals surface area (Å²) in [7, 11) is 0. The Hall–Kier alpha value is -3.66. The molecule has 1 unspecified atom stereocenters. The predicted molar refractivity (Wildman–Crippen MR) is 145 cm³/mol. The quantitative estimate of drug-likeness (QED) is 0.355. The fourth-order valence-electron chi connectivity index (χ4n) is 5.71. The van der Waals surface area contributed by atoms with E-state index < -0.39 is 11.6 Å². The van der Waals surface area contributed by atoms with Crippen LogP contribution < -0.4 is 15.5 Å². The molecule has 0 radical (unpaired) electrons. The fraction of sp³-hybridized carbons (Fsp3) is 0.429. The minimum atomic E-state index is -0.635. The molecule has 198 valence electrons. The summed E-state index contributed by atoms with van der Waals surface area (Å²) in [5.74, 6) is 0.967. The predicted octanol–water partition coefficient (Wildman–Crippen LogP) is 5.38. The molecule has 10 heteroatoms. The molecular weight excluding hydrogens is 486 g/mol. The number of hydrogen-bond acceptors (Lipinski definition) is 7. The van der Waals surface area contributed by atoms with E-state index in [1.807, 2.05) is 43.7 Å². The Labute approximate surface area is 220 Å². The van der Waals surface area contributed by atoms with Crippen molar-refractivity contribution in [2.45, 2.75) is 52.1 Å². The van der Waals surface area contributed by atoms with Crippen LogP contribution >= 0.6 is 0 Å². The lowest BCUT2D eigenvalue weighted by Crippen LogP contribution is -2.56. The van der Waals surface area contributed by atoms with Gasteiger partial charge < -0.3 is 20.1 Å². The van der Waals surface area contributed by atoms with Crippen molar-refractivity contribution in [2.75, 3.05) is 29.9 Å². The van der Waals surface area contributed by atoms with Gasteiger partial charge in [-0.2, -0.15) is 0 Å². The van der Waals surface area contributed by atoms with E-state index in [-0.39, 0.29) is 23.2 Å². The molecule has 1 aromatic carbocycles. The summed E-state index contributed by atoms with van der Waals surface area (Å²) in [6, 6.07) is 7.58. The van der Waals surface area contributed by atoms with Crippen LogP contribution in [0.3, 0.4) is 0 Å². The standard InChI is InChI=1S/C28H32F2N8/c1-16(2)38-17(3)34-27-21(29)10-18(11-24(27)38)26-22(30)13-33-28(36-26)35-25-8-7-20(12-32-25)37-14-19(15-37)23-6-4-5-9-31-23/h7-8,10-13,16,19,23,31H,4-6,9,14-15H2,1-3H3,(H,32,33,35,36). The lowest BCUT2D eigenvalue weighted by atomic mass is 9.86. The molecule has 0 spiro atoms. The van der Waals surface area contributed by atoms with E-state index in [4.69, 9.17) is 0 Å². The summed E-state index contributed by atoms with van der Waals surface area (Å²) in [5, 5.41) is 6.70. The molecule has 2 aliphatic heterocycles. The van der Waals surface area contributed by atoms with Gasteiger partial charge in [0.25, 0.3) is 0 Å². The number of pyridine rings is 1. The van der Waals surface area contributed by atoms with Crippen LogP contribution in [0.5, 0.6) is 0 Å². The monoisotopic (exact) mass is 518 g/mol. The number of anilines is 3. The molecule has 2 fully saturated rings. The Kier molecular flexibility index (Phi) is 6.43. The largest absolute Gasteiger partial charge is 0.369 e. The number of hydrogen-bond donors (Lipinski definition) is 2. The number of aromatic nitrogens is 5. The van der Waals surface area contributed by atoms with Crippen molar-refractivity contribution in [1.29, 1.82) is 0 Å². The summed E-state index contributed by atoms with van der Waals surface area (Å²) >= 11 is 0. The van der Waals surface area contributed by atoms with Gasteiger partial charge in [0.1, 0.15) is 22.9 Å². The minimum absolute atomic E-state index is 0.0111. The van der Waals surface area contributed by atoms with Gasteiger partial charge in [0, 0.05) is 36.7 Å². The molecule has 0 amide bonds. The van der Waals surface area contributed by atoms with Crippen LogP contribution in [0.15, 0.2) is 36.7 Å². The van der Waals surface area contributed by atoms with Gasteiger partial charge in [0.15, 0.2) is 11.6 Å². The number of nitrogens with one attached hydrogen (secondary N) is 2. The molecule has 6 rings (SSSR count). The third-order valence-corrected chi connectivity index (χ3v) is 7.64. The average molecular weight is 519 g/mol. The van der Waals surface area contributed by atoms with Crippen LogP contribution in [0, 0.1) is 24.5 Å². The Bertz CT molecular complexity index is 1450. The second-order valence-corrected chi connectivity index (χ2v) is 10.6. The molecule has 0 bridgehead atoms. The van der Waals surface area contributed by atoms with Crippen LogP contribution in [0.25, 0.3) is 22.3 Å². The topological polar surface area (TPSA) is 83.8 Å². The lowest BCUT2D eigenvalue weighted by molar-refractivity contribution is 0.252. The summed E-state index contributed by atoms with van der Waals surface area (Å²) in [4.78, 5) is 19.6. The van der Waals surface area contributed by atoms with Gasteiger partial charge in [-0.15, -0.1) is 0 Å². The first-order valence-electron chi connectivity index (χ1n) is 13.3. The molecule has 2 saturated heterocycles. The van der Waals surface area contributed by atoms with Gasteiger partial charge in [-0.1, -0.05) is 6.42 Å². The maximum absolute atomic E-state index is 15.0. The molecule has 0 saturated carbocycles. The summed E-state index contributed by atoms with van der Waals surface area (Å²) < 4.78 is 31.7. The number of benzene rings is 1. The maximum atomic E-state index is 15.0. The van der Waals surface area contributed by atoms with E-state index in [2.05, 4.69) is 35.5 Å². The molecule has 38 heavy (non-hydrogen) atoms. The lowest BCUT2D eigenvalue weighted by Gasteiger charge is -2.46. The van der Waals surface area contributed by atoms with Gasteiger partial charge in [0.2, 0.25) is 5.95 Å². The van der Waals surface area contributed by atoms with Gasteiger partial charge in [-0.05, 0) is 64.4 Å². The zero-order chi connectivity index (χ0) is 26.4. The van der Waals surface area contributed by atoms with Crippen molar-refractivity contribution < 1.29 is 8.78 Å². The molecule has 2 aliphatic rings. The van der Waals surface area contributed by atoms with E-state index in [0.29, 0.717) is 34.7 Å². The first-order chi connectivity index (χ1) is 18.4. The number of halogens is 2. The highest BCUT2D eigenvalue weighted by Gasteiger charge is 2.34. The summed E-state index contributed by atoms with van der Waals surface area (Å²) in [6.07, 6.45) is 6.78. The fourth-order valence-corrected chi connectivity index (χ4v) is 5.71. The molecule has 1 atom stereocenters. The Morgan fingerprint density at radius 2 is 1.87 bits per heavy atom. The van der Waals surface area contributed by atoms with Crippen LogP contribution in [0.4, 0.5) is 26.2 Å². The van der Waals surface area contributed by atoms with Crippen molar-refractivity contribution in [3.8, 4) is 11.3 Å². The second-order valence-electron chi connectivity index (χ2n) is 10.6. The third-order valence-electron chi connectivity index (χ3n) is 7.64. The van der Waals surface area contributed by atoms with E-state index >= 15 is 0 Å². The highest BCUT2D eigenvalue weighted by Crippen LogP contribution is 2.32. The maximum Gasteiger partial charge on any atom is 0.229 e. The number of fused-ring (bicyclic) bond motifs is 1.